The topological polar surface area (TPSA) is 80.7 Å². The van der Waals surface area contributed by atoms with Crippen LogP contribution in [0.5, 0.6) is 0 Å². The Morgan fingerprint density at radius 1 is 0.821 bits per heavy atom. The first kappa shape index (κ1) is 16.5. The molecule has 2 amide bonds. The highest BCUT2D eigenvalue weighted by atomic mass is 16.4. The molecule has 0 saturated carbocycles. The molecular weight excluding hydrogens is 358 g/mol. The van der Waals surface area contributed by atoms with Crippen LogP contribution >= 0.6 is 0 Å². The molecule has 0 unspecified atom stereocenters. The Bertz CT molecular complexity index is 1340. The third-order valence-electron chi connectivity index (χ3n) is 5.26. The molecule has 6 nitrogen and oxygen atoms in total. The van der Waals surface area contributed by atoms with Gasteiger partial charge in [-0.2, -0.15) is 0 Å². The quantitative estimate of drug-likeness (QED) is 0.393. The summed E-state index contributed by atoms with van der Waals surface area (Å²) in [5.74, 6) is -0.00325. The summed E-state index contributed by atoms with van der Waals surface area (Å²) in [6.07, 6.45) is 0. The van der Waals surface area contributed by atoms with Gasteiger partial charge >= 0.3 is 5.63 Å². The minimum Gasteiger partial charge on any atom is -0.461 e. The molecule has 5 rings (SSSR count). The number of benzene rings is 2. The van der Waals surface area contributed by atoms with Crippen molar-refractivity contribution >= 4 is 33.8 Å². The average Bonchev–Trinajstić information content (AvgIpc) is 3.09. The second-order valence-corrected chi connectivity index (χ2v) is 6.97. The number of hydrogen-bond acceptors (Lipinski definition) is 5. The van der Waals surface area contributed by atoms with Gasteiger partial charge in [0.15, 0.2) is 0 Å². The van der Waals surface area contributed by atoms with Crippen LogP contribution in [0.25, 0.3) is 21.9 Å². The molecule has 28 heavy (non-hydrogen) atoms. The van der Waals surface area contributed by atoms with Crippen LogP contribution < -0.4 is 5.63 Å². The van der Waals surface area contributed by atoms with Crippen molar-refractivity contribution in [1.29, 1.82) is 0 Å². The molecule has 0 bridgehead atoms. The molecule has 0 radical (unpaired) electrons. The highest BCUT2D eigenvalue weighted by Gasteiger charge is 2.36. The smallest absolute Gasteiger partial charge is 0.336 e. The fourth-order valence-electron chi connectivity index (χ4n) is 3.82. The number of rotatable bonds is 2. The van der Waals surface area contributed by atoms with Gasteiger partial charge in [-0.3, -0.25) is 14.5 Å². The van der Waals surface area contributed by atoms with Crippen LogP contribution in [0.1, 0.15) is 37.6 Å². The summed E-state index contributed by atoms with van der Waals surface area (Å²) in [5, 5.41) is 1.58. The van der Waals surface area contributed by atoms with Gasteiger partial charge in [0.2, 0.25) is 0 Å². The van der Waals surface area contributed by atoms with Crippen LogP contribution in [0.15, 0.2) is 56.1 Å². The summed E-state index contributed by atoms with van der Waals surface area (Å²) < 4.78 is 11.1. The largest absolute Gasteiger partial charge is 0.461 e. The second-order valence-electron chi connectivity index (χ2n) is 6.97. The third kappa shape index (κ3) is 2.24. The Hall–Kier alpha value is -3.67. The third-order valence-corrected chi connectivity index (χ3v) is 5.26. The number of carbonyl (C=O) groups excluding carboxylic acids is 2. The number of hydrogen-bond donors (Lipinski definition) is 0. The maximum Gasteiger partial charge on any atom is 0.336 e. The van der Waals surface area contributed by atoms with Gasteiger partial charge in [0.05, 0.1) is 17.7 Å². The van der Waals surface area contributed by atoms with Crippen LogP contribution in [0.4, 0.5) is 0 Å². The van der Waals surface area contributed by atoms with E-state index >= 15 is 0 Å². The molecule has 3 heterocycles. The van der Waals surface area contributed by atoms with Gasteiger partial charge in [-0.05, 0) is 37.6 Å². The Kier molecular flexibility index (Phi) is 3.34. The Morgan fingerprint density at radius 3 is 2.14 bits per heavy atom. The summed E-state index contributed by atoms with van der Waals surface area (Å²) in [6, 6.07) is 11.8. The van der Waals surface area contributed by atoms with E-state index in [1.165, 1.54) is 11.0 Å². The molecule has 0 aliphatic carbocycles. The molecule has 0 atom stereocenters. The minimum atomic E-state index is -0.418. The van der Waals surface area contributed by atoms with Gasteiger partial charge in [-0.1, -0.05) is 12.1 Å². The van der Waals surface area contributed by atoms with Crippen LogP contribution in [-0.2, 0) is 6.54 Å². The summed E-state index contributed by atoms with van der Waals surface area (Å²) >= 11 is 0. The molecule has 2 aromatic carbocycles. The Morgan fingerprint density at radius 2 is 1.46 bits per heavy atom. The predicted molar refractivity (Wildman–Crippen MR) is 102 cm³/mol. The summed E-state index contributed by atoms with van der Waals surface area (Å²) in [4.78, 5) is 38.3. The highest BCUT2D eigenvalue weighted by Crippen LogP contribution is 2.33. The maximum absolute atomic E-state index is 12.7. The van der Waals surface area contributed by atoms with Crippen molar-refractivity contribution in [1.82, 2.24) is 4.90 Å². The zero-order valence-electron chi connectivity index (χ0n) is 15.2. The lowest BCUT2D eigenvalue weighted by Crippen LogP contribution is -2.29. The van der Waals surface area contributed by atoms with Crippen LogP contribution in [0.2, 0.25) is 0 Å². The number of fused-ring (bicyclic) bond motifs is 3. The Balaban J connectivity index is 1.65. The molecule has 0 spiro atoms. The minimum absolute atomic E-state index is 0.118. The Labute approximate surface area is 159 Å². The molecule has 2 aromatic heterocycles. The zero-order chi connectivity index (χ0) is 19.6. The number of amides is 2. The van der Waals surface area contributed by atoms with Crippen molar-refractivity contribution in [2.45, 2.75) is 20.4 Å². The molecule has 0 saturated heterocycles. The van der Waals surface area contributed by atoms with Crippen molar-refractivity contribution < 1.29 is 18.4 Å². The summed E-state index contributed by atoms with van der Waals surface area (Å²) in [6.45, 7) is 3.75. The SMILES string of the molecule is Cc1oc2cc3oc(=O)cc(C)c3cc2c1CN1C(=O)c2ccccc2C1=O. The maximum atomic E-state index is 12.7. The van der Waals surface area contributed by atoms with E-state index in [1.807, 2.05) is 13.0 Å². The van der Waals surface area contributed by atoms with Gasteiger partial charge in [0.1, 0.15) is 16.9 Å². The van der Waals surface area contributed by atoms with Crippen LogP contribution in [0.3, 0.4) is 0 Å². The van der Waals surface area contributed by atoms with E-state index in [9.17, 15) is 14.4 Å². The monoisotopic (exact) mass is 373 g/mol. The van der Waals surface area contributed by atoms with E-state index in [0.717, 1.165) is 21.9 Å². The molecular formula is C22H15NO5. The van der Waals surface area contributed by atoms with E-state index in [0.29, 0.717) is 28.1 Å². The van der Waals surface area contributed by atoms with Crippen molar-refractivity contribution in [2.75, 3.05) is 0 Å². The first-order valence-corrected chi connectivity index (χ1v) is 8.86. The second kappa shape index (κ2) is 5.66. The van der Waals surface area contributed by atoms with E-state index in [-0.39, 0.29) is 18.4 Å². The molecule has 0 fully saturated rings. The van der Waals surface area contributed by atoms with Crippen molar-refractivity contribution in [3.63, 3.8) is 0 Å². The van der Waals surface area contributed by atoms with E-state index in [1.54, 1.807) is 37.3 Å². The van der Waals surface area contributed by atoms with Gasteiger partial charge in [-0.25, -0.2) is 4.79 Å². The van der Waals surface area contributed by atoms with Gasteiger partial charge in [-0.15, -0.1) is 0 Å². The lowest BCUT2D eigenvalue weighted by atomic mass is 10.1. The van der Waals surface area contributed by atoms with Crippen LogP contribution in [0, 0.1) is 13.8 Å². The summed E-state index contributed by atoms with van der Waals surface area (Å²) in [5.41, 5.74) is 2.96. The lowest BCUT2D eigenvalue weighted by Gasteiger charge is -2.13. The van der Waals surface area contributed by atoms with E-state index in [2.05, 4.69) is 0 Å². The average molecular weight is 373 g/mol. The van der Waals surface area contributed by atoms with E-state index < -0.39 is 5.63 Å². The molecule has 138 valence electrons. The molecule has 0 N–H and O–H groups in total. The van der Waals surface area contributed by atoms with Crippen molar-refractivity contribution in [3.8, 4) is 0 Å². The van der Waals surface area contributed by atoms with E-state index in [4.69, 9.17) is 8.83 Å². The number of carbonyl (C=O) groups is 2. The number of imide groups is 1. The number of aryl methyl sites for hydroxylation is 2. The number of furan rings is 1. The molecule has 6 heteroatoms. The highest BCUT2D eigenvalue weighted by molar-refractivity contribution is 6.21. The zero-order valence-corrected chi connectivity index (χ0v) is 15.2. The normalized spacial score (nSPS) is 13.7. The summed E-state index contributed by atoms with van der Waals surface area (Å²) in [7, 11) is 0. The predicted octanol–water partition coefficient (Wildman–Crippen LogP) is 3.95. The fourth-order valence-corrected chi connectivity index (χ4v) is 3.82. The standard InChI is InChI=1S/C22H15NO5/c1-11-7-20(24)28-18-9-19-16(8-15(11)18)17(12(2)27-19)10-23-21(25)13-5-3-4-6-14(13)22(23)26/h3-9H,10H2,1-2H3. The van der Waals surface area contributed by atoms with Crippen LogP contribution in [-0.4, -0.2) is 16.7 Å². The fraction of sp³-hybridized carbons (Fsp3) is 0.136. The van der Waals surface area contributed by atoms with Gasteiger partial charge in [0.25, 0.3) is 11.8 Å². The van der Waals surface area contributed by atoms with Gasteiger partial charge in [0, 0.05) is 28.5 Å². The number of nitrogens with zero attached hydrogens (tertiary/aromatic N) is 1. The van der Waals surface area contributed by atoms with Crippen molar-refractivity contribution in [2.24, 2.45) is 0 Å². The lowest BCUT2D eigenvalue weighted by molar-refractivity contribution is 0.0642. The molecule has 1 aliphatic heterocycles. The molecule has 4 aromatic rings. The van der Waals surface area contributed by atoms with Gasteiger partial charge < -0.3 is 8.83 Å². The first-order valence-electron chi connectivity index (χ1n) is 8.86. The van der Waals surface area contributed by atoms with Crippen molar-refractivity contribution in [3.05, 3.63) is 80.9 Å². The molecule has 1 aliphatic rings. The first-order chi connectivity index (χ1) is 13.4.